The van der Waals surface area contributed by atoms with Crippen LogP contribution in [0.1, 0.15) is 5.56 Å². The number of aryl methyl sites for hydroxylation is 1. The number of ether oxygens (including phenoxy) is 1. The van der Waals surface area contributed by atoms with E-state index in [0.29, 0.717) is 24.4 Å². The van der Waals surface area contributed by atoms with Crippen LogP contribution in [0.4, 0.5) is 0 Å². The van der Waals surface area contributed by atoms with Crippen molar-refractivity contribution >= 4 is 21.6 Å². The summed E-state index contributed by atoms with van der Waals surface area (Å²) in [5, 5.41) is 3.14. The molecule has 2 N–H and O–H groups in total. The minimum Gasteiger partial charge on any atom is -0.495 e. The summed E-state index contributed by atoms with van der Waals surface area (Å²) in [5.74, 6) is 0.461. The molecule has 102 valence electrons. The van der Waals surface area contributed by atoms with Gasteiger partial charge < -0.3 is 10.1 Å². The van der Waals surface area contributed by atoms with E-state index in [2.05, 4.69) is 10.0 Å². The van der Waals surface area contributed by atoms with Crippen LogP contribution in [0.5, 0.6) is 5.75 Å². The maximum Gasteiger partial charge on any atom is 0.240 e. The van der Waals surface area contributed by atoms with E-state index in [1.165, 1.54) is 13.2 Å². The van der Waals surface area contributed by atoms with Crippen LogP contribution in [0.2, 0.25) is 5.02 Å². The molecule has 0 aliphatic rings. The third-order valence-electron chi connectivity index (χ3n) is 2.41. The number of hydrogen-bond acceptors (Lipinski definition) is 4. The third-order valence-corrected chi connectivity index (χ3v) is 4.30. The molecule has 0 saturated carbocycles. The lowest BCUT2D eigenvalue weighted by Gasteiger charge is -2.11. The van der Waals surface area contributed by atoms with E-state index in [1.807, 2.05) is 0 Å². The van der Waals surface area contributed by atoms with Crippen molar-refractivity contribution in [2.24, 2.45) is 0 Å². The maximum atomic E-state index is 12.0. The Bertz CT molecular complexity index is 517. The van der Waals surface area contributed by atoms with Crippen LogP contribution in [0, 0.1) is 6.92 Å². The summed E-state index contributed by atoms with van der Waals surface area (Å²) in [4.78, 5) is 0.171. The maximum absolute atomic E-state index is 12.0. The molecule has 1 aromatic rings. The van der Waals surface area contributed by atoms with E-state index in [0.717, 1.165) is 0 Å². The van der Waals surface area contributed by atoms with E-state index in [9.17, 15) is 8.42 Å². The molecular formula is C11H17ClN2O3S. The predicted molar refractivity (Wildman–Crippen MR) is 71.9 cm³/mol. The van der Waals surface area contributed by atoms with Crippen molar-refractivity contribution in [2.45, 2.75) is 11.8 Å². The lowest BCUT2D eigenvalue weighted by molar-refractivity contribution is 0.414. The van der Waals surface area contributed by atoms with Crippen LogP contribution < -0.4 is 14.8 Å². The van der Waals surface area contributed by atoms with Gasteiger partial charge in [0.05, 0.1) is 17.0 Å². The summed E-state index contributed by atoms with van der Waals surface area (Å²) < 4.78 is 31.6. The second-order valence-electron chi connectivity index (χ2n) is 3.75. The number of hydrogen-bond donors (Lipinski definition) is 2. The second kappa shape index (κ2) is 6.38. The van der Waals surface area contributed by atoms with E-state index in [1.54, 1.807) is 20.0 Å². The van der Waals surface area contributed by atoms with Crippen LogP contribution in [0.25, 0.3) is 0 Å². The van der Waals surface area contributed by atoms with Crippen LogP contribution in [-0.4, -0.2) is 35.7 Å². The van der Waals surface area contributed by atoms with Crippen molar-refractivity contribution in [1.29, 1.82) is 0 Å². The molecule has 1 aromatic carbocycles. The molecule has 7 heteroatoms. The molecule has 1 rings (SSSR count). The van der Waals surface area contributed by atoms with Gasteiger partial charge in [-0.3, -0.25) is 0 Å². The van der Waals surface area contributed by atoms with Crippen molar-refractivity contribution in [3.8, 4) is 5.75 Å². The van der Waals surface area contributed by atoms with Crippen molar-refractivity contribution in [2.75, 3.05) is 27.2 Å². The number of nitrogens with one attached hydrogen (secondary N) is 2. The van der Waals surface area contributed by atoms with Gasteiger partial charge in [-0.05, 0) is 31.7 Å². The molecule has 0 heterocycles. The highest BCUT2D eigenvalue weighted by molar-refractivity contribution is 7.89. The molecule has 5 nitrogen and oxygen atoms in total. The Morgan fingerprint density at radius 2 is 2.00 bits per heavy atom. The Hall–Kier alpha value is -0.820. The number of rotatable bonds is 6. The van der Waals surface area contributed by atoms with Gasteiger partial charge in [-0.2, -0.15) is 0 Å². The van der Waals surface area contributed by atoms with Gasteiger partial charge in [0.15, 0.2) is 0 Å². The molecule has 0 aliphatic heterocycles. The minimum atomic E-state index is -3.54. The fourth-order valence-corrected chi connectivity index (χ4v) is 3.06. The third kappa shape index (κ3) is 3.58. The number of methoxy groups -OCH3 is 1. The number of benzene rings is 1. The second-order valence-corrected chi connectivity index (χ2v) is 5.90. The monoisotopic (exact) mass is 292 g/mol. The molecule has 18 heavy (non-hydrogen) atoms. The van der Waals surface area contributed by atoms with Gasteiger partial charge in [0.1, 0.15) is 5.75 Å². The molecule has 0 bridgehead atoms. The predicted octanol–water partition coefficient (Wildman–Crippen LogP) is 1.15. The molecular weight excluding hydrogens is 276 g/mol. The van der Waals surface area contributed by atoms with Gasteiger partial charge in [0.2, 0.25) is 10.0 Å². The van der Waals surface area contributed by atoms with Gasteiger partial charge in [0, 0.05) is 13.1 Å². The molecule has 0 fully saturated rings. The zero-order valence-electron chi connectivity index (χ0n) is 10.6. The lowest BCUT2D eigenvalue weighted by atomic mass is 10.2. The average Bonchev–Trinajstić information content (AvgIpc) is 2.31. The average molecular weight is 293 g/mol. The Morgan fingerprint density at radius 1 is 1.33 bits per heavy atom. The highest BCUT2D eigenvalue weighted by Gasteiger charge is 2.18. The summed E-state index contributed by atoms with van der Waals surface area (Å²) in [7, 11) is -0.301. The van der Waals surface area contributed by atoms with Crippen LogP contribution in [-0.2, 0) is 10.0 Å². The SMILES string of the molecule is CNCCNS(=O)(=O)c1cc(Cl)c(OC)cc1C. The van der Waals surface area contributed by atoms with Gasteiger partial charge in [-0.25, -0.2) is 13.1 Å². The van der Waals surface area contributed by atoms with Crippen molar-refractivity contribution in [3.63, 3.8) is 0 Å². The van der Waals surface area contributed by atoms with E-state index >= 15 is 0 Å². The quantitative estimate of drug-likeness (QED) is 0.772. The number of likely N-dealkylation sites (N-methyl/N-ethyl adjacent to an activating group) is 1. The van der Waals surface area contributed by atoms with Crippen LogP contribution >= 0.6 is 11.6 Å². The van der Waals surface area contributed by atoms with Crippen molar-refractivity contribution in [3.05, 3.63) is 22.7 Å². The van der Waals surface area contributed by atoms with Gasteiger partial charge >= 0.3 is 0 Å². The molecule has 0 atom stereocenters. The van der Waals surface area contributed by atoms with E-state index in [-0.39, 0.29) is 9.92 Å². The smallest absolute Gasteiger partial charge is 0.240 e. The first-order valence-electron chi connectivity index (χ1n) is 5.40. The Labute approximate surface area is 113 Å². The fraction of sp³-hybridized carbons (Fsp3) is 0.455. The molecule has 0 amide bonds. The first-order chi connectivity index (χ1) is 8.42. The molecule has 0 aliphatic carbocycles. The summed E-state index contributed by atoms with van der Waals surface area (Å²) >= 11 is 5.94. The standard InChI is InChI=1S/C11H17ClN2O3S/c1-8-6-10(17-3)9(12)7-11(8)18(15,16)14-5-4-13-2/h6-7,13-14H,4-5H2,1-3H3. The lowest BCUT2D eigenvalue weighted by Crippen LogP contribution is -2.30. The topological polar surface area (TPSA) is 67.4 Å². The van der Waals surface area contributed by atoms with E-state index < -0.39 is 10.0 Å². The van der Waals surface area contributed by atoms with Crippen molar-refractivity contribution < 1.29 is 13.2 Å². The minimum absolute atomic E-state index is 0.171. The van der Waals surface area contributed by atoms with Gasteiger partial charge in [0.25, 0.3) is 0 Å². The summed E-state index contributed by atoms with van der Waals surface area (Å²) in [5.41, 5.74) is 0.591. The Balaban J connectivity index is 3.05. The van der Waals surface area contributed by atoms with Crippen LogP contribution in [0.3, 0.4) is 0 Å². The first kappa shape index (κ1) is 15.2. The zero-order valence-corrected chi connectivity index (χ0v) is 12.2. The molecule has 0 spiro atoms. The van der Waals surface area contributed by atoms with E-state index in [4.69, 9.17) is 16.3 Å². The summed E-state index contributed by atoms with van der Waals surface area (Å²) in [6, 6.07) is 3.01. The zero-order chi connectivity index (χ0) is 13.8. The molecule has 0 aromatic heterocycles. The Morgan fingerprint density at radius 3 is 2.56 bits per heavy atom. The van der Waals surface area contributed by atoms with Gasteiger partial charge in [-0.15, -0.1) is 0 Å². The highest BCUT2D eigenvalue weighted by Crippen LogP contribution is 2.29. The fourth-order valence-electron chi connectivity index (χ4n) is 1.47. The normalized spacial score (nSPS) is 11.6. The first-order valence-corrected chi connectivity index (χ1v) is 7.27. The highest BCUT2D eigenvalue weighted by atomic mass is 35.5. The summed E-state index contributed by atoms with van der Waals surface area (Å²) in [6.45, 7) is 2.58. The number of sulfonamides is 1. The molecule has 0 unspecified atom stereocenters. The van der Waals surface area contributed by atoms with Crippen LogP contribution in [0.15, 0.2) is 17.0 Å². The molecule has 0 saturated heterocycles. The Kier molecular flexibility index (Phi) is 5.40. The number of halogens is 1. The van der Waals surface area contributed by atoms with Gasteiger partial charge in [-0.1, -0.05) is 11.6 Å². The summed E-state index contributed by atoms with van der Waals surface area (Å²) in [6.07, 6.45) is 0. The largest absolute Gasteiger partial charge is 0.495 e. The molecule has 0 radical (unpaired) electrons. The van der Waals surface area contributed by atoms with Crippen molar-refractivity contribution in [1.82, 2.24) is 10.0 Å².